The number of halogens is 1. The maximum absolute atomic E-state index is 6.34. The number of fused-ring (bicyclic) bond motifs is 1. The van der Waals surface area contributed by atoms with Gasteiger partial charge in [-0.05, 0) is 0 Å². The van der Waals surface area contributed by atoms with Crippen molar-refractivity contribution in [2.24, 2.45) is 7.05 Å². The Hall–Kier alpha value is -2.99. The third-order valence-electron chi connectivity index (χ3n) is 4.61. The van der Waals surface area contributed by atoms with Crippen LogP contribution in [-0.2, 0) is 12.5 Å². The standard InChI is InChI=1S/C22H22ClN5O/c1-22(2,3)21-24-15-11-16(29-5)20(23)25-19(15)18(26-21)14-12-28(4)27-17(14)13-9-7-6-8-10-13/h6-12H,1-5H3. The first kappa shape index (κ1) is 19.3. The highest BCUT2D eigenvalue weighted by Crippen LogP contribution is 2.36. The maximum Gasteiger partial charge on any atom is 0.171 e. The predicted molar refractivity (Wildman–Crippen MR) is 115 cm³/mol. The van der Waals surface area contributed by atoms with E-state index in [2.05, 4.69) is 30.9 Å². The molecule has 0 N–H and O–H groups in total. The van der Waals surface area contributed by atoms with Crippen LogP contribution in [0.15, 0.2) is 42.6 Å². The number of methoxy groups -OCH3 is 1. The molecule has 0 radical (unpaired) electrons. The molecular formula is C22H22ClN5O. The summed E-state index contributed by atoms with van der Waals surface area (Å²) >= 11 is 6.34. The molecule has 0 saturated carbocycles. The summed E-state index contributed by atoms with van der Waals surface area (Å²) in [4.78, 5) is 14.2. The first-order chi connectivity index (χ1) is 13.8. The van der Waals surface area contributed by atoms with Crippen LogP contribution in [0.5, 0.6) is 5.75 Å². The van der Waals surface area contributed by atoms with Gasteiger partial charge >= 0.3 is 0 Å². The van der Waals surface area contributed by atoms with Crippen molar-refractivity contribution in [1.82, 2.24) is 24.7 Å². The molecule has 0 aliphatic carbocycles. The van der Waals surface area contributed by atoms with Crippen molar-refractivity contribution in [2.75, 3.05) is 7.11 Å². The van der Waals surface area contributed by atoms with Crippen molar-refractivity contribution in [2.45, 2.75) is 26.2 Å². The first-order valence-electron chi connectivity index (χ1n) is 9.30. The van der Waals surface area contributed by atoms with Gasteiger partial charge in [0.15, 0.2) is 10.9 Å². The Bertz CT molecular complexity index is 1200. The molecule has 7 heteroatoms. The molecular weight excluding hydrogens is 386 g/mol. The molecule has 0 unspecified atom stereocenters. The number of rotatable bonds is 3. The smallest absolute Gasteiger partial charge is 0.171 e. The zero-order valence-electron chi connectivity index (χ0n) is 17.1. The lowest BCUT2D eigenvalue weighted by Gasteiger charge is -2.19. The molecule has 6 nitrogen and oxygen atoms in total. The van der Waals surface area contributed by atoms with Gasteiger partial charge in [0, 0.05) is 35.9 Å². The van der Waals surface area contributed by atoms with Gasteiger partial charge in [-0.1, -0.05) is 62.7 Å². The minimum Gasteiger partial charge on any atom is -0.493 e. The van der Waals surface area contributed by atoms with Crippen molar-refractivity contribution in [3.8, 4) is 28.3 Å². The van der Waals surface area contributed by atoms with Crippen LogP contribution in [0.25, 0.3) is 33.5 Å². The summed E-state index contributed by atoms with van der Waals surface area (Å²) in [6, 6.07) is 11.8. The minimum absolute atomic E-state index is 0.245. The van der Waals surface area contributed by atoms with E-state index in [9.17, 15) is 0 Å². The van der Waals surface area contributed by atoms with Crippen molar-refractivity contribution in [3.63, 3.8) is 0 Å². The molecule has 1 aromatic carbocycles. The maximum atomic E-state index is 6.34. The van der Waals surface area contributed by atoms with Gasteiger partial charge in [0.05, 0.1) is 12.6 Å². The van der Waals surface area contributed by atoms with Crippen LogP contribution in [0.2, 0.25) is 5.15 Å². The molecule has 4 aromatic rings. The molecule has 0 saturated heterocycles. The summed E-state index contributed by atoms with van der Waals surface area (Å²) in [6.45, 7) is 6.25. The summed E-state index contributed by atoms with van der Waals surface area (Å²) in [5.41, 5.74) is 4.48. The normalized spacial score (nSPS) is 11.8. The fourth-order valence-corrected chi connectivity index (χ4v) is 3.37. The van der Waals surface area contributed by atoms with Gasteiger partial charge in [-0.2, -0.15) is 5.10 Å². The number of pyridine rings is 1. The number of aryl methyl sites for hydroxylation is 1. The van der Waals surface area contributed by atoms with Crippen LogP contribution in [-0.4, -0.2) is 31.8 Å². The highest BCUT2D eigenvalue weighted by atomic mass is 35.5. The average Bonchev–Trinajstić information content (AvgIpc) is 3.08. The second kappa shape index (κ2) is 7.12. The average molecular weight is 408 g/mol. The number of benzene rings is 1. The van der Waals surface area contributed by atoms with Gasteiger partial charge in [-0.25, -0.2) is 15.0 Å². The molecule has 0 spiro atoms. The number of ether oxygens (including phenoxy) is 1. The lowest BCUT2D eigenvalue weighted by molar-refractivity contribution is 0.414. The van der Waals surface area contributed by atoms with Crippen LogP contribution >= 0.6 is 11.6 Å². The Balaban J connectivity index is 2.07. The quantitative estimate of drug-likeness (QED) is 0.444. The molecule has 0 amide bonds. The minimum atomic E-state index is -0.245. The monoisotopic (exact) mass is 407 g/mol. The molecule has 0 aliphatic heterocycles. The third-order valence-corrected chi connectivity index (χ3v) is 4.88. The van der Waals surface area contributed by atoms with E-state index in [4.69, 9.17) is 26.3 Å². The largest absolute Gasteiger partial charge is 0.493 e. The second-order valence-electron chi connectivity index (χ2n) is 7.93. The highest BCUT2D eigenvalue weighted by molar-refractivity contribution is 6.31. The van der Waals surface area contributed by atoms with Gasteiger partial charge < -0.3 is 4.74 Å². The summed E-state index contributed by atoms with van der Waals surface area (Å²) < 4.78 is 7.14. The van der Waals surface area contributed by atoms with Crippen LogP contribution < -0.4 is 4.74 Å². The molecule has 3 aromatic heterocycles. The van der Waals surface area contributed by atoms with Crippen LogP contribution in [0, 0.1) is 0 Å². The molecule has 29 heavy (non-hydrogen) atoms. The van der Waals surface area contributed by atoms with E-state index in [1.54, 1.807) is 11.8 Å². The Morgan fingerprint density at radius 2 is 1.72 bits per heavy atom. The topological polar surface area (TPSA) is 65.7 Å². The SMILES string of the molecule is COc1cc2nc(C(C)(C)C)nc(-c3cn(C)nc3-c3ccccc3)c2nc1Cl. The Morgan fingerprint density at radius 3 is 2.38 bits per heavy atom. The van der Waals surface area contributed by atoms with Gasteiger partial charge in [0.25, 0.3) is 0 Å². The van der Waals surface area contributed by atoms with E-state index in [-0.39, 0.29) is 10.6 Å². The molecule has 0 aliphatic rings. The summed E-state index contributed by atoms with van der Waals surface area (Å²) in [5.74, 6) is 1.20. The zero-order chi connectivity index (χ0) is 20.8. The molecule has 148 valence electrons. The summed E-state index contributed by atoms with van der Waals surface area (Å²) in [6.07, 6.45) is 1.95. The van der Waals surface area contributed by atoms with E-state index in [1.165, 1.54) is 0 Å². The first-order valence-corrected chi connectivity index (χ1v) is 9.68. The molecule has 0 bridgehead atoms. The van der Waals surface area contributed by atoms with Gasteiger partial charge in [-0.3, -0.25) is 4.68 Å². The van der Waals surface area contributed by atoms with Gasteiger partial charge in [0.2, 0.25) is 0 Å². The van der Waals surface area contributed by atoms with Crippen molar-refractivity contribution < 1.29 is 4.74 Å². The summed E-state index contributed by atoms with van der Waals surface area (Å²) in [7, 11) is 3.46. The van der Waals surface area contributed by atoms with E-state index in [0.717, 1.165) is 16.8 Å². The number of hydrogen-bond acceptors (Lipinski definition) is 5. The number of nitrogens with zero attached hydrogens (tertiary/aromatic N) is 5. The van der Waals surface area contributed by atoms with Crippen LogP contribution in [0.1, 0.15) is 26.6 Å². The van der Waals surface area contributed by atoms with E-state index in [0.29, 0.717) is 28.3 Å². The fraction of sp³-hybridized carbons (Fsp3) is 0.273. The highest BCUT2D eigenvalue weighted by Gasteiger charge is 2.24. The Morgan fingerprint density at radius 1 is 1.00 bits per heavy atom. The zero-order valence-corrected chi connectivity index (χ0v) is 17.8. The van der Waals surface area contributed by atoms with E-state index < -0.39 is 0 Å². The van der Waals surface area contributed by atoms with Crippen molar-refractivity contribution in [1.29, 1.82) is 0 Å². The Kier molecular flexibility index (Phi) is 4.74. The number of hydrogen-bond donors (Lipinski definition) is 0. The lowest BCUT2D eigenvalue weighted by Crippen LogP contribution is -2.17. The Labute approximate surface area is 174 Å². The van der Waals surface area contributed by atoms with Gasteiger partial charge in [0.1, 0.15) is 22.7 Å². The lowest BCUT2D eigenvalue weighted by atomic mass is 9.95. The van der Waals surface area contributed by atoms with E-state index >= 15 is 0 Å². The van der Waals surface area contributed by atoms with Crippen molar-refractivity contribution >= 4 is 22.6 Å². The second-order valence-corrected chi connectivity index (χ2v) is 8.28. The molecule has 0 fully saturated rings. The summed E-state index contributed by atoms with van der Waals surface area (Å²) in [5, 5.41) is 4.96. The van der Waals surface area contributed by atoms with Crippen molar-refractivity contribution in [3.05, 3.63) is 53.6 Å². The molecule has 4 rings (SSSR count). The number of aromatic nitrogens is 5. The van der Waals surface area contributed by atoms with Crippen LogP contribution in [0.4, 0.5) is 0 Å². The van der Waals surface area contributed by atoms with Crippen LogP contribution in [0.3, 0.4) is 0 Å². The molecule has 0 atom stereocenters. The fourth-order valence-electron chi connectivity index (χ4n) is 3.16. The predicted octanol–water partition coefficient (Wildman–Crippen LogP) is 5.05. The van der Waals surface area contributed by atoms with E-state index in [1.807, 2.05) is 49.6 Å². The third kappa shape index (κ3) is 3.56. The molecule has 3 heterocycles. The van der Waals surface area contributed by atoms with Gasteiger partial charge in [-0.15, -0.1) is 0 Å².